The molecule has 4 rings (SSSR count). The van der Waals surface area contributed by atoms with Crippen molar-refractivity contribution < 1.29 is 4.79 Å². The minimum Gasteiger partial charge on any atom is -0.334 e. The molecule has 0 atom stereocenters. The van der Waals surface area contributed by atoms with E-state index in [1.165, 1.54) is 16.0 Å². The maximum absolute atomic E-state index is 12.9. The van der Waals surface area contributed by atoms with Crippen LogP contribution in [0.5, 0.6) is 0 Å². The lowest BCUT2D eigenvalue weighted by atomic mass is 9.99. The maximum Gasteiger partial charge on any atom is 0.255 e. The molecule has 5 nitrogen and oxygen atoms in total. The number of nitrogens with zero attached hydrogens (tertiary/aromatic N) is 4. The Morgan fingerprint density at radius 2 is 2.08 bits per heavy atom. The van der Waals surface area contributed by atoms with Crippen LogP contribution in [0.1, 0.15) is 21.5 Å². The lowest BCUT2D eigenvalue weighted by Gasteiger charge is -2.29. The molecule has 0 N–H and O–H groups in total. The first-order valence-electron chi connectivity index (χ1n) is 7.88. The van der Waals surface area contributed by atoms with E-state index in [0.717, 1.165) is 24.0 Å². The topological polar surface area (TPSA) is 51.0 Å². The molecule has 3 heterocycles. The van der Waals surface area contributed by atoms with Crippen molar-refractivity contribution >= 4 is 28.7 Å². The Bertz CT molecular complexity index is 934. The van der Waals surface area contributed by atoms with Crippen molar-refractivity contribution in [3.63, 3.8) is 0 Å². The highest BCUT2D eigenvalue weighted by Crippen LogP contribution is 2.25. The van der Waals surface area contributed by atoms with Crippen molar-refractivity contribution in [2.24, 2.45) is 7.05 Å². The molecule has 0 radical (unpaired) electrons. The van der Waals surface area contributed by atoms with E-state index >= 15 is 0 Å². The summed E-state index contributed by atoms with van der Waals surface area (Å²) in [4.78, 5) is 20.4. The predicted octanol–water partition coefficient (Wildman–Crippen LogP) is 2.89. The summed E-state index contributed by atoms with van der Waals surface area (Å²) in [7, 11) is 1.86. The number of fused-ring (bicyclic) bond motifs is 2. The number of rotatable bonds is 2. The molecule has 1 aliphatic rings. The van der Waals surface area contributed by atoms with Gasteiger partial charge in [-0.1, -0.05) is 6.07 Å². The fourth-order valence-electron chi connectivity index (χ4n) is 3.16. The van der Waals surface area contributed by atoms with Gasteiger partial charge in [-0.2, -0.15) is 5.10 Å². The van der Waals surface area contributed by atoms with Crippen molar-refractivity contribution in [2.75, 3.05) is 12.8 Å². The predicted molar refractivity (Wildman–Crippen MR) is 95.2 cm³/mol. The number of hydrogen-bond acceptors (Lipinski definition) is 4. The fraction of sp³-hybridized carbons (Fsp3) is 0.278. The van der Waals surface area contributed by atoms with Crippen molar-refractivity contribution in [3.05, 3.63) is 53.3 Å². The number of benzene rings is 1. The third-order valence-electron chi connectivity index (χ3n) is 4.56. The Morgan fingerprint density at radius 3 is 2.92 bits per heavy atom. The SMILES string of the molecule is CSc1ccc2c(c1)CCN(C(=O)c1cnc3cnn(C)c3c1)C2. The zero-order chi connectivity index (χ0) is 16.7. The standard InChI is InChI=1S/C18H18N4OS/c1-21-17-8-14(9-19-16(17)10-20-21)18(23)22-6-5-12-7-15(24-2)4-3-13(12)11-22/h3-4,7-10H,5-6,11H2,1-2H3. The van der Waals surface area contributed by atoms with Gasteiger partial charge >= 0.3 is 0 Å². The number of pyridine rings is 1. The van der Waals surface area contributed by atoms with Gasteiger partial charge in [0.2, 0.25) is 0 Å². The van der Waals surface area contributed by atoms with E-state index in [2.05, 4.69) is 34.5 Å². The van der Waals surface area contributed by atoms with Gasteiger partial charge in [0.25, 0.3) is 5.91 Å². The molecule has 0 fully saturated rings. The molecule has 0 aliphatic carbocycles. The van der Waals surface area contributed by atoms with E-state index in [0.29, 0.717) is 12.1 Å². The highest BCUT2D eigenvalue weighted by Gasteiger charge is 2.22. The second kappa shape index (κ2) is 5.94. The van der Waals surface area contributed by atoms with Gasteiger partial charge in [-0.05, 0) is 42.0 Å². The number of carbonyl (C=O) groups excluding carboxylic acids is 1. The number of aromatic nitrogens is 3. The van der Waals surface area contributed by atoms with Crippen molar-refractivity contribution in [2.45, 2.75) is 17.9 Å². The van der Waals surface area contributed by atoms with Crippen LogP contribution in [0.3, 0.4) is 0 Å². The van der Waals surface area contributed by atoms with Gasteiger partial charge in [-0.15, -0.1) is 11.8 Å². The molecular weight excluding hydrogens is 320 g/mol. The summed E-state index contributed by atoms with van der Waals surface area (Å²) in [5.41, 5.74) is 4.90. The Morgan fingerprint density at radius 1 is 1.21 bits per heavy atom. The molecule has 0 unspecified atom stereocenters. The molecular formula is C18H18N4OS. The highest BCUT2D eigenvalue weighted by molar-refractivity contribution is 7.98. The van der Waals surface area contributed by atoms with Crippen LogP contribution in [-0.4, -0.2) is 38.4 Å². The van der Waals surface area contributed by atoms with Crippen LogP contribution in [0.4, 0.5) is 0 Å². The summed E-state index contributed by atoms with van der Waals surface area (Å²) >= 11 is 1.75. The number of amides is 1. The average Bonchev–Trinajstić information content (AvgIpc) is 3.00. The van der Waals surface area contributed by atoms with Gasteiger partial charge in [0, 0.05) is 31.2 Å². The van der Waals surface area contributed by atoms with E-state index in [-0.39, 0.29) is 5.91 Å². The Balaban J connectivity index is 1.61. The molecule has 3 aromatic rings. The second-order valence-electron chi connectivity index (χ2n) is 6.01. The first-order chi connectivity index (χ1) is 11.7. The summed E-state index contributed by atoms with van der Waals surface area (Å²) in [6.07, 6.45) is 6.35. The zero-order valence-electron chi connectivity index (χ0n) is 13.7. The molecule has 1 amide bonds. The van der Waals surface area contributed by atoms with E-state index in [1.807, 2.05) is 18.0 Å². The summed E-state index contributed by atoms with van der Waals surface area (Å²) in [6, 6.07) is 8.39. The third-order valence-corrected chi connectivity index (χ3v) is 5.28. The largest absolute Gasteiger partial charge is 0.334 e. The number of thioether (sulfide) groups is 1. The van der Waals surface area contributed by atoms with Gasteiger partial charge in [-0.25, -0.2) is 0 Å². The van der Waals surface area contributed by atoms with E-state index in [9.17, 15) is 4.79 Å². The van der Waals surface area contributed by atoms with Crippen LogP contribution in [0.15, 0.2) is 41.6 Å². The smallest absolute Gasteiger partial charge is 0.255 e. The molecule has 0 spiro atoms. The van der Waals surface area contributed by atoms with Crippen LogP contribution in [0, 0.1) is 0 Å². The maximum atomic E-state index is 12.9. The van der Waals surface area contributed by atoms with Crippen LogP contribution >= 0.6 is 11.8 Å². The Hall–Kier alpha value is -2.34. The molecule has 0 saturated heterocycles. The molecule has 1 aromatic carbocycles. The third kappa shape index (κ3) is 2.57. The van der Waals surface area contributed by atoms with Gasteiger partial charge in [0.15, 0.2) is 0 Å². The molecule has 1 aliphatic heterocycles. The molecule has 122 valence electrons. The van der Waals surface area contributed by atoms with Crippen LogP contribution in [0.25, 0.3) is 11.0 Å². The van der Waals surface area contributed by atoms with Crippen molar-refractivity contribution in [1.82, 2.24) is 19.7 Å². The van der Waals surface area contributed by atoms with Crippen LogP contribution < -0.4 is 0 Å². The highest BCUT2D eigenvalue weighted by atomic mass is 32.2. The normalized spacial score (nSPS) is 14.0. The minimum absolute atomic E-state index is 0.0326. The Labute approximate surface area is 144 Å². The fourth-order valence-corrected chi connectivity index (χ4v) is 3.62. The molecule has 0 saturated carbocycles. The van der Waals surface area contributed by atoms with Crippen molar-refractivity contribution in [1.29, 1.82) is 0 Å². The van der Waals surface area contributed by atoms with Gasteiger partial charge in [0.05, 0.1) is 17.3 Å². The second-order valence-corrected chi connectivity index (χ2v) is 6.89. The first kappa shape index (κ1) is 15.2. The van der Waals surface area contributed by atoms with Crippen LogP contribution in [-0.2, 0) is 20.0 Å². The summed E-state index contributed by atoms with van der Waals surface area (Å²) in [5, 5.41) is 4.18. The van der Waals surface area contributed by atoms with E-state index in [4.69, 9.17) is 0 Å². The molecule has 24 heavy (non-hydrogen) atoms. The average molecular weight is 338 g/mol. The number of carbonyl (C=O) groups is 1. The van der Waals surface area contributed by atoms with Gasteiger partial charge < -0.3 is 4.90 Å². The molecule has 0 bridgehead atoms. The van der Waals surface area contributed by atoms with Crippen LogP contribution in [0.2, 0.25) is 0 Å². The quantitative estimate of drug-likeness (QED) is 0.674. The van der Waals surface area contributed by atoms with Gasteiger partial charge in [-0.3, -0.25) is 14.5 Å². The van der Waals surface area contributed by atoms with E-state index in [1.54, 1.807) is 28.8 Å². The molecule has 6 heteroatoms. The Kier molecular flexibility index (Phi) is 3.76. The van der Waals surface area contributed by atoms with Crippen molar-refractivity contribution in [3.8, 4) is 0 Å². The van der Waals surface area contributed by atoms with Gasteiger partial charge in [0.1, 0.15) is 5.52 Å². The monoisotopic (exact) mass is 338 g/mol. The molecule has 2 aromatic heterocycles. The lowest BCUT2D eigenvalue weighted by Crippen LogP contribution is -2.36. The summed E-state index contributed by atoms with van der Waals surface area (Å²) in [6.45, 7) is 1.40. The lowest BCUT2D eigenvalue weighted by molar-refractivity contribution is 0.0734. The minimum atomic E-state index is 0.0326. The summed E-state index contributed by atoms with van der Waals surface area (Å²) < 4.78 is 1.74. The number of aryl methyl sites for hydroxylation is 1. The first-order valence-corrected chi connectivity index (χ1v) is 9.11. The van der Waals surface area contributed by atoms with E-state index < -0.39 is 0 Å². The zero-order valence-corrected chi connectivity index (χ0v) is 14.5. The summed E-state index contributed by atoms with van der Waals surface area (Å²) in [5.74, 6) is 0.0326. The number of hydrogen-bond donors (Lipinski definition) is 0.